The molecule has 1 aliphatic heterocycles. The van der Waals surface area contributed by atoms with Crippen molar-refractivity contribution in [2.45, 2.75) is 31.6 Å². The third-order valence-corrected chi connectivity index (χ3v) is 5.58. The highest BCUT2D eigenvalue weighted by molar-refractivity contribution is 6.10. The van der Waals surface area contributed by atoms with Gasteiger partial charge in [-0.1, -0.05) is 24.3 Å². The highest BCUT2D eigenvalue weighted by Crippen LogP contribution is 2.44. The molecule has 0 radical (unpaired) electrons. The second-order valence-corrected chi connectivity index (χ2v) is 7.28. The van der Waals surface area contributed by atoms with Crippen LogP contribution in [0.2, 0.25) is 0 Å². The van der Waals surface area contributed by atoms with Crippen molar-refractivity contribution in [1.29, 1.82) is 0 Å². The van der Waals surface area contributed by atoms with Gasteiger partial charge in [0.2, 0.25) is 5.91 Å². The zero-order valence-electron chi connectivity index (χ0n) is 16.2. The summed E-state index contributed by atoms with van der Waals surface area (Å²) in [7, 11) is 1.59. The minimum atomic E-state index is -0.604. The van der Waals surface area contributed by atoms with Crippen LogP contribution in [0.3, 0.4) is 0 Å². The van der Waals surface area contributed by atoms with Gasteiger partial charge in [0.1, 0.15) is 5.75 Å². The van der Waals surface area contributed by atoms with Crippen molar-refractivity contribution in [3.63, 3.8) is 0 Å². The number of amides is 2. The van der Waals surface area contributed by atoms with Crippen molar-refractivity contribution >= 4 is 23.3 Å². The topological polar surface area (TPSA) is 89.7 Å². The van der Waals surface area contributed by atoms with Crippen LogP contribution in [0.25, 0.3) is 0 Å². The van der Waals surface area contributed by atoms with Crippen LogP contribution in [0.4, 0.5) is 5.69 Å². The fourth-order valence-electron chi connectivity index (χ4n) is 4.29. The lowest BCUT2D eigenvalue weighted by molar-refractivity contribution is -0.119. The average Bonchev–Trinajstić information content (AvgIpc) is 2.73. The van der Waals surface area contributed by atoms with E-state index in [1.165, 1.54) is 4.90 Å². The van der Waals surface area contributed by atoms with Crippen LogP contribution in [0, 0.1) is 0 Å². The SMILES string of the molecule is COc1cccc(C2CC(=O)N(c3ccccc3C(N)=O)C3=C2C(=O)CCC3)c1. The minimum Gasteiger partial charge on any atom is -0.497 e. The molecule has 2 N–H and O–H groups in total. The van der Waals surface area contributed by atoms with Crippen LogP contribution in [-0.4, -0.2) is 24.7 Å². The number of benzene rings is 2. The first-order valence-electron chi connectivity index (χ1n) is 9.63. The van der Waals surface area contributed by atoms with Gasteiger partial charge in [-0.25, -0.2) is 0 Å². The van der Waals surface area contributed by atoms with Gasteiger partial charge >= 0.3 is 0 Å². The maximum absolute atomic E-state index is 13.3. The number of Topliss-reactive ketones (excluding diaryl/α,β-unsaturated/α-hetero) is 1. The number of carbonyl (C=O) groups excluding carboxylic acids is 3. The van der Waals surface area contributed by atoms with Crippen molar-refractivity contribution in [1.82, 2.24) is 0 Å². The summed E-state index contributed by atoms with van der Waals surface area (Å²) in [5, 5.41) is 0. The molecule has 0 aromatic heterocycles. The van der Waals surface area contributed by atoms with Gasteiger partial charge < -0.3 is 10.5 Å². The molecule has 6 nitrogen and oxygen atoms in total. The molecule has 6 heteroatoms. The lowest BCUT2D eigenvalue weighted by Crippen LogP contribution is -2.41. The lowest BCUT2D eigenvalue weighted by Gasteiger charge is -2.38. The van der Waals surface area contributed by atoms with E-state index in [0.29, 0.717) is 42.0 Å². The normalized spacial score (nSPS) is 19.2. The Morgan fingerprint density at radius 2 is 1.90 bits per heavy atom. The molecule has 2 amide bonds. The highest BCUT2D eigenvalue weighted by Gasteiger charge is 2.40. The number of allylic oxidation sites excluding steroid dienone is 2. The van der Waals surface area contributed by atoms with Crippen molar-refractivity contribution in [3.05, 3.63) is 70.9 Å². The second kappa shape index (κ2) is 7.54. The summed E-state index contributed by atoms with van der Waals surface area (Å²) in [5.74, 6) is -0.347. The Morgan fingerprint density at radius 3 is 2.66 bits per heavy atom. The first-order chi connectivity index (χ1) is 14.0. The molecule has 1 heterocycles. The molecule has 2 aliphatic rings. The zero-order valence-corrected chi connectivity index (χ0v) is 16.2. The Hall–Kier alpha value is -3.41. The Labute approximate surface area is 168 Å². The van der Waals surface area contributed by atoms with Crippen LogP contribution in [0.1, 0.15) is 47.5 Å². The van der Waals surface area contributed by atoms with Crippen molar-refractivity contribution in [2.24, 2.45) is 5.73 Å². The molecule has 0 fully saturated rings. The molecule has 1 unspecified atom stereocenters. The van der Waals surface area contributed by atoms with E-state index >= 15 is 0 Å². The molecule has 1 atom stereocenters. The van der Waals surface area contributed by atoms with Crippen LogP contribution < -0.4 is 15.4 Å². The summed E-state index contributed by atoms with van der Waals surface area (Å²) < 4.78 is 5.32. The standard InChI is InChI=1S/C23H22N2O4/c1-29-15-7-4-6-14(12-15)17-13-21(27)25(19-10-5-11-20(26)22(17)19)18-9-3-2-8-16(18)23(24)28/h2-4,6-9,12,17H,5,10-11,13H2,1H3,(H2,24,28). The maximum Gasteiger partial charge on any atom is 0.250 e. The van der Waals surface area contributed by atoms with Gasteiger partial charge in [-0.05, 0) is 42.7 Å². The third-order valence-electron chi connectivity index (χ3n) is 5.58. The molecule has 0 bridgehead atoms. The quantitative estimate of drug-likeness (QED) is 0.867. The molecule has 4 rings (SSSR count). The van der Waals surface area contributed by atoms with Gasteiger partial charge in [0, 0.05) is 30.0 Å². The van der Waals surface area contributed by atoms with E-state index in [9.17, 15) is 14.4 Å². The molecule has 0 spiro atoms. The monoisotopic (exact) mass is 390 g/mol. The number of nitrogens with zero attached hydrogens (tertiary/aromatic N) is 1. The molecule has 148 valence electrons. The van der Waals surface area contributed by atoms with Crippen molar-refractivity contribution in [2.75, 3.05) is 12.0 Å². The number of methoxy groups -OCH3 is 1. The third kappa shape index (κ3) is 3.31. The van der Waals surface area contributed by atoms with E-state index in [0.717, 1.165) is 5.56 Å². The molecule has 2 aromatic carbocycles. The van der Waals surface area contributed by atoms with Gasteiger partial charge in [0.25, 0.3) is 5.91 Å². The Morgan fingerprint density at radius 1 is 1.10 bits per heavy atom. The predicted molar refractivity (Wildman–Crippen MR) is 109 cm³/mol. The first-order valence-corrected chi connectivity index (χ1v) is 9.63. The van der Waals surface area contributed by atoms with Crippen molar-refractivity contribution < 1.29 is 19.1 Å². The summed E-state index contributed by atoms with van der Waals surface area (Å²) >= 11 is 0. The van der Waals surface area contributed by atoms with Crippen LogP contribution in [0.5, 0.6) is 5.75 Å². The number of carbonyl (C=O) groups is 3. The van der Waals surface area contributed by atoms with Crippen LogP contribution in [-0.2, 0) is 9.59 Å². The first kappa shape index (κ1) is 18.9. The van der Waals surface area contributed by atoms with Gasteiger partial charge in [-0.3, -0.25) is 19.3 Å². The number of hydrogen-bond donors (Lipinski definition) is 1. The van der Waals surface area contributed by atoms with E-state index in [-0.39, 0.29) is 29.6 Å². The van der Waals surface area contributed by atoms with Crippen LogP contribution >= 0.6 is 0 Å². The molecular weight excluding hydrogens is 368 g/mol. The number of para-hydroxylation sites is 1. The number of hydrogen-bond acceptors (Lipinski definition) is 4. The van der Waals surface area contributed by atoms with Gasteiger partial charge in [-0.15, -0.1) is 0 Å². The Kier molecular flexibility index (Phi) is 4.92. The van der Waals surface area contributed by atoms with Crippen molar-refractivity contribution in [3.8, 4) is 5.75 Å². The minimum absolute atomic E-state index is 0.0492. The molecule has 29 heavy (non-hydrogen) atoms. The molecule has 0 saturated carbocycles. The number of anilines is 1. The highest BCUT2D eigenvalue weighted by atomic mass is 16.5. The summed E-state index contributed by atoms with van der Waals surface area (Å²) in [6.45, 7) is 0. The van der Waals surface area contributed by atoms with E-state index in [1.807, 2.05) is 24.3 Å². The molecule has 2 aromatic rings. The fraction of sp³-hybridized carbons (Fsp3) is 0.261. The summed E-state index contributed by atoms with van der Waals surface area (Å²) in [4.78, 5) is 39.7. The number of nitrogens with two attached hydrogens (primary N) is 1. The molecule has 0 saturated heterocycles. The lowest BCUT2D eigenvalue weighted by atomic mass is 9.77. The van der Waals surface area contributed by atoms with Gasteiger partial charge in [0.15, 0.2) is 5.78 Å². The summed E-state index contributed by atoms with van der Waals surface area (Å²) in [5.41, 5.74) is 8.46. The zero-order chi connectivity index (χ0) is 20.5. The number of primary amides is 1. The van der Waals surface area contributed by atoms with E-state index in [4.69, 9.17) is 10.5 Å². The second-order valence-electron chi connectivity index (χ2n) is 7.28. The molecular formula is C23H22N2O4. The summed E-state index contributed by atoms with van der Waals surface area (Å²) in [6.07, 6.45) is 1.87. The Bertz CT molecular complexity index is 1040. The average molecular weight is 390 g/mol. The smallest absolute Gasteiger partial charge is 0.250 e. The molecule has 1 aliphatic carbocycles. The fourth-order valence-corrected chi connectivity index (χ4v) is 4.29. The van der Waals surface area contributed by atoms with E-state index < -0.39 is 5.91 Å². The predicted octanol–water partition coefficient (Wildman–Crippen LogP) is 3.32. The van der Waals surface area contributed by atoms with Gasteiger partial charge in [0.05, 0.1) is 18.4 Å². The van der Waals surface area contributed by atoms with Gasteiger partial charge in [-0.2, -0.15) is 0 Å². The van der Waals surface area contributed by atoms with E-state index in [1.54, 1.807) is 31.4 Å². The summed E-state index contributed by atoms with van der Waals surface area (Å²) in [6, 6.07) is 14.3. The maximum atomic E-state index is 13.3. The number of ether oxygens (including phenoxy) is 1. The van der Waals surface area contributed by atoms with E-state index in [2.05, 4.69) is 0 Å². The Balaban J connectivity index is 1.89. The number of rotatable bonds is 4. The largest absolute Gasteiger partial charge is 0.497 e. The number of ketones is 1. The van der Waals surface area contributed by atoms with Crippen LogP contribution in [0.15, 0.2) is 59.8 Å².